The van der Waals surface area contributed by atoms with E-state index in [2.05, 4.69) is 9.88 Å². The van der Waals surface area contributed by atoms with Gasteiger partial charge >= 0.3 is 5.97 Å². The number of anilines is 1. The molecule has 1 amide bonds. The van der Waals surface area contributed by atoms with Gasteiger partial charge < -0.3 is 14.5 Å². The molecule has 8 heteroatoms. The third-order valence-corrected chi connectivity index (χ3v) is 7.28. The van der Waals surface area contributed by atoms with Gasteiger partial charge in [0.25, 0.3) is 5.91 Å². The molecular formula is C30H39Cl2N3O3. The van der Waals surface area contributed by atoms with Crippen LogP contribution < -0.4 is 4.90 Å². The monoisotopic (exact) mass is 559 g/mol. The number of halogens is 2. The third kappa shape index (κ3) is 9.32. The molecule has 38 heavy (non-hydrogen) atoms. The summed E-state index contributed by atoms with van der Waals surface area (Å²) in [6.45, 7) is 5.12. The van der Waals surface area contributed by atoms with Crippen LogP contribution >= 0.6 is 23.2 Å². The fraction of sp³-hybridized carbons (Fsp3) is 0.500. The van der Waals surface area contributed by atoms with Crippen LogP contribution in [-0.2, 0) is 9.53 Å². The number of aromatic nitrogens is 1. The van der Waals surface area contributed by atoms with Crippen molar-refractivity contribution in [1.29, 1.82) is 0 Å². The van der Waals surface area contributed by atoms with Gasteiger partial charge in [-0.25, -0.2) is 4.79 Å². The van der Waals surface area contributed by atoms with Crippen molar-refractivity contribution in [2.24, 2.45) is 5.92 Å². The molecule has 206 valence electrons. The molecule has 0 radical (unpaired) electrons. The normalized spacial score (nSPS) is 14.4. The number of esters is 1. The predicted molar refractivity (Wildman–Crippen MR) is 156 cm³/mol. The average Bonchev–Trinajstić information content (AvgIpc) is 2.95. The van der Waals surface area contributed by atoms with E-state index >= 15 is 0 Å². The lowest BCUT2D eigenvalue weighted by molar-refractivity contribution is -0.138. The standard InChI is InChI=1S/C30H39Cl2N3O3/c1-2-38-30(37)27(21-25-8-6-16-33-23-25)9-4-3-7-24-12-17-35(18-13-24)29(36)26-10-5-11-28(22-26)34(19-14-31)20-15-32/h5-6,8,10-11,16,21-24H,2-4,7,9,12-15,17-20H2,1H3/b27-21+. The Kier molecular flexibility index (Phi) is 12.9. The Balaban J connectivity index is 1.46. The molecule has 0 bridgehead atoms. The van der Waals surface area contributed by atoms with Gasteiger partial charge in [-0.05, 0) is 74.4 Å². The van der Waals surface area contributed by atoms with E-state index in [0.29, 0.717) is 54.9 Å². The first-order chi connectivity index (χ1) is 18.5. The maximum absolute atomic E-state index is 13.2. The molecule has 1 saturated heterocycles. The molecule has 1 aliphatic rings. The van der Waals surface area contributed by atoms with Gasteiger partial charge in [-0.1, -0.05) is 25.0 Å². The van der Waals surface area contributed by atoms with Crippen molar-refractivity contribution < 1.29 is 14.3 Å². The lowest BCUT2D eigenvalue weighted by atomic mass is 9.90. The largest absolute Gasteiger partial charge is 0.463 e. The fourth-order valence-corrected chi connectivity index (χ4v) is 5.29. The van der Waals surface area contributed by atoms with Crippen molar-refractivity contribution >= 4 is 46.8 Å². The van der Waals surface area contributed by atoms with E-state index < -0.39 is 0 Å². The number of unbranched alkanes of at least 4 members (excludes halogenated alkanes) is 1. The Labute approximate surface area is 237 Å². The molecule has 0 aliphatic carbocycles. The molecule has 2 heterocycles. The van der Waals surface area contributed by atoms with Crippen LogP contribution in [0.25, 0.3) is 6.08 Å². The van der Waals surface area contributed by atoms with Crippen molar-refractivity contribution in [3.05, 3.63) is 65.5 Å². The average molecular weight is 561 g/mol. The molecular weight excluding hydrogens is 521 g/mol. The van der Waals surface area contributed by atoms with E-state index in [1.54, 1.807) is 12.4 Å². The Morgan fingerprint density at radius 3 is 2.53 bits per heavy atom. The molecule has 0 atom stereocenters. The number of amides is 1. The second kappa shape index (κ2) is 16.4. The van der Waals surface area contributed by atoms with Crippen molar-refractivity contribution in [2.45, 2.75) is 45.4 Å². The SMILES string of the molecule is CCOC(=O)/C(=C/c1cccnc1)CCCCC1CCN(C(=O)c2cccc(N(CCCl)CCCl)c2)CC1. The molecule has 3 rings (SSSR count). The topological polar surface area (TPSA) is 62.7 Å². The van der Waals surface area contributed by atoms with E-state index in [1.165, 1.54) is 0 Å². The quantitative estimate of drug-likeness (QED) is 0.115. The Bertz CT molecular complexity index is 1030. The summed E-state index contributed by atoms with van der Waals surface area (Å²) in [6.07, 6.45) is 11.1. The van der Waals surface area contributed by atoms with E-state index in [0.717, 1.165) is 56.4 Å². The molecule has 0 N–H and O–H groups in total. The van der Waals surface area contributed by atoms with Crippen LogP contribution in [-0.4, -0.2) is 66.3 Å². The van der Waals surface area contributed by atoms with E-state index in [-0.39, 0.29) is 11.9 Å². The van der Waals surface area contributed by atoms with Crippen molar-refractivity contribution in [1.82, 2.24) is 9.88 Å². The van der Waals surface area contributed by atoms with E-state index in [9.17, 15) is 9.59 Å². The molecule has 0 unspecified atom stereocenters. The maximum atomic E-state index is 13.2. The summed E-state index contributed by atoms with van der Waals surface area (Å²) in [4.78, 5) is 33.8. The first-order valence-electron chi connectivity index (χ1n) is 13.6. The molecule has 1 aromatic heterocycles. The zero-order valence-corrected chi connectivity index (χ0v) is 23.8. The highest BCUT2D eigenvalue weighted by atomic mass is 35.5. The number of carbonyl (C=O) groups excluding carboxylic acids is 2. The van der Waals surface area contributed by atoms with Gasteiger partial charge in [0.1, 0.15) is 0 Å². The Hall–Kier alpha value is -2.57. The lowest BCUT2D eigenvalue weighted by Crippen LogP contribution is -2.38. The summed E-state index contributed by atoms with van der Waals surface area (Å²) >= 11 is 11.9. The number of carbonyl (C=O) groups is 2. The Morgan fingerprint density at radius 2 is 1.87 bits per heavy atom. The van der Waals surface area contributed by atoms with Gasteiger partial charge in [0.15, 0.2) is 0 Å². The number of likely N-dealkylation sites (tertiary alicyclic amines) is 1. The highest BCUT2D eigenvalue weighted by Gasteiger charge is 2.24. The molecule has 0 saturated carbocycles. The van der Waals surface area contributed by atoms with Crippen molar-refractivity contribution in [3.8, 4) is 0 Å². The van der Waals surface area contributed by atoms with E-state index in [1.807, 2.05) is 54.3 Å². The number of hydrogen-bond donors (Lipinski definition) is 0. The number of alkyl halides is 2. The highest BCUT2D eigenvalue weighted by molar-refractivity contribution is 6.18. The summed E-state index contributed by atoms with van der Waals surface area (Å²) < 4.78 is 5.26. The van der Waals surface area contributed by atoms with Crippen LogP contribution in [0.3, 0.4) is 0 Å². The smallest absolute Gasteiger partial charge is 0.334 e. The molecule has 1 aromatic carbocycles. The summed E-state index contributed by atoms with van der Waals surface area (Å²) in [5, 5.41) is 0. The van der Waals surface area contributed by atoms with Crippen LogP contribution in [0.5, 0.6) is 0 Å². The fourth-order valence-electron chi connectivity index (χ4n) is 4.88. The summed E-state index contributed by atoms with van der Waals surface area (Å²) in [5.74, 6) is 1.45. The van der Waals surface area contributed by atoms with Gasteiger partial charge in [-0.2, -0.15) is 0 Å². The number of rotatable bonds is 14. The number of hydrogen-bond acceptors (Lipinski definition) is 5. The molecule has 1 aliphatic heterocycles. The predicted octanol–water partition coefficient (Wildman–Crippen LogP) is 6.42. The highest BCUT2D eigenvalue weighted by Crippen LogP contribution is 2.26. The molecule has 0 spiro atoms. The van der Waals surface area contributed by atoms with Crippen molar-refractivity contribution in [3.63, 3.8) is 0 Å². The van der Waals surface area contributed by atoms with Crippen LogP contribution in [0.1, 0.15) is 61.4 Å². The molecule has 6 nitrogen and oxygen atoms in total. The van der Waals surface area contributed by atoms with Gasteiger partial charge in [-0.15, -0.1) is 23.2 Å². The lowest BCUT2D eigenvalue weighted by Gasteiger charge is -2.32. The van der Waals surface area contributed by atoms with Crippen LogP contribution in [0, 0.1) is 5.92 Å². The number of pyridine rings is 1. The van der Waals surface area contributed by atoms with Gasteiger partial charge in [0, 0.05) is 67.2 Å². The minimum absolute atomic E-state index is 0.0848. The minimum Gasteiger partial charge on any atom is -0.463 e. The van der Waals surface area contributed by atoms with Crippen LogP contribution in [0.15, 0.2) is 54.4 Å². The third-order valence-electron chi connectivity index (χ3n) is 6.94. The Morgan fingerprint density at radius 1 is 1.11 bits per heavy atom. The summed E-state index contributed by atoms with van der Waals surface area (Å²) in [7, 11) is 0. The summed E-state index contributed by atoms with van der Waals surface area (Å²) in [6, 6.07) is 11.6. The number of nitrogens with zero attached hydrogens (tertiary/aromatic N) is 3. The first-order valence-corrected chi connectivity index (χ1v) is 14.7. The molecule has 2 aromatic rings. The zero-order valence-electron chi connectivity index (χ0n) is 22.3. The van der Waals surface area contributed by atoms with Gasteiger partial charge in [0.2, 0.25) is 0 Å². The second-order valence-electron chi connectivity index (χ2n) is 9.57. The first kappa shape index (κ1) is 30.0. The van der Waals surface area contributed by atoms with Gasteiger partial charge in [0.05, 0.1) is 6.61 Å². The maximum Gasteiger partial charge on any atom is 0.334 e. The minimum atomic E-state index is -0.249. The van der Waals surface area contributed by atoms with Crippen LogP contribution in [0.2, 0.25) is 0 Å². The van der Waals surface area contributed by atoms with Crippen molar-refractivity contribution in [2.75, 3.05) is 49.4 Å². The van der Waals surface area contributed by atoms with Crippen LogP contribution in [0.4, 0.5) is 5.69 Å². The number of benzene rings is 1. The number of ether oxygens (including phenoxy) is 1. The second-order valence-corrected chi connectivity index (χ2v) is 10.3. The zero-order chi connectivity index (χ0) is 27.2. The molecule has 1 fully saturated rings. The van der Waals surface area contributed by atoms with Gasteiger partial charge in [-0.3, -0.25) is 9.78 Å². The summed E-state index contributed by atoms with van der Waals surface area (Å²) in [5.41, 5.74) is 3.29. The number of piperidine rings is 1. The van der Waals surface area contributed by atoms with E-state index in [4.69, 9.17) is 27.9 Å².